The number of benzene rings is 1. The molecule has 2 atom stereocenters. The van der Waals surface area contributed by atoms with Crippen molar-refractivity contribution in [2.24, 2.45) is 11.8 Å². The van der Waals surface area contributed by atoms with Crippen LogP contribution in [0.3, 0.4) is 0 Å². The molecule has 0 spiro atoms. The molecule has 0 saturated heterocycles. The Morgan fingerprint density at radius 1 is 1.35 bits per heavy atom. The lowest BCUT2D eigenvalue weighted by Gasteiger charge is -2.30. The Morgan fingerprint density at radius 2 is 2.05 bits per heavy atom. The Bertz CT molecular complexity index is 481. The van der Waals surface area contributed by atoms with Gasteiger partial charge in [-0.05, 0) is 59.4 Å². The molecule has 0 heterocycles. The number of rotatable bonds is 5. The second-order valence-corrected chi connectivity index (χ2v) is 6.53. The third-order valence-electron chi connectivity index (χ3n) is 4.01. The van der Waals surface area contributed by atoms with Crippen LogP contribution in [0.5, 0.6) is 0 Å². The standard InChI is InChI=1S/C14H19IN2O3/c15-12-5-6-13(14(7-12)17(19)20)16-8-10-3-1-2-4-11(10)9-18/h5-7,10-11,16,18H,1-4,8-9H2. The summed E-state index contributed by atoms with van der Waals surface area (Å²) in [6, 6.07) is 5.20. The third-order valence-corrected chi connectivity index (χ3v) is 4.68. The second kappa shape index (κ2) is 7.21. The zero-order valence-electron chi connectivity index (χ0n) is 11.2. The molecule has 1 saturated carbocycles. The van der Waals surface area contributed by atoms with E-state index in [0.717, 1.165) is 16.4 Å². The van der Waals surface area contributed by atoms with Crippen molar-refractivity contribution in [3.8, 4) is 0 Å². The van der Waals surface area contributed by atoms with Crippen LogP contribution in [0.15, 0.2) is 18.2 Å². The average Bonchev–Trinajstić information content (AvgIpc) is 2.46. The smallest absolute Gasteiger partial charge is 0.293 e. The molecule has 0 aliphatic heterocycles. The molecule has 20 heavy (non-hydrogen) atoms. The van der Waals surface area contributed by atoms with Gasteiger partial charge in [0, 0.05) is 22.8 Å². The maximum atomic E-state index is 11.1. The van der Waals surface area contributed by atoms with Gasteiger partial charge < -0.3 is 10.4 Å². The van der Waals surface area contributed by atoms with Crippen molar-refractivity contribution in [1.82, 2.24) is 0 Å². The normalized spacial score (nSPS) is 22.5. The first kappa shape index (κ1) is 15.5. The van der Waals surface area contributed by atoms with E-state index in [9.17, 15) is 15.2 Å². The van der Waals surface area contributed by atoms with E-state index in [4.69, 9.17) is 0 Å². The molecule has 110 valence electrons. The molecular formula is C14H19IN2O3. The SMILES string of the molecule is O=[N+]([O-])c1cc(I)ccc1NCC1CCCCC1CO. The van der Waals surface area contributed by atoms with Gasteiger partial charge in [-0.2, -0.15) is 0 Å². The number of aliphatic hydroxyl groups excluding tert-OH is 1. The molecule has 5 nitrogen and oxygen atoms in total. The van der Waals surface area contributed by atoms with Crippen LogP contribution in [0.25, 0.3) is 0 Å². The van der Waals surface area contributed by atoms with Crippen molar-refractivity contribution in [1.29, 1.82) is 0 Å². The van der Waals surface area contributed by atoms with Gasteiger partial charge in [0.25, 0.3) is 5.69 Å². The summed E-state index contributed by atoms with van der Waals surface area (Å²) in [5, 5.41) is 23.7. The van der Waals surface area contributed by atoms with Gasteiger partial charge in [-0.1, -0.05) is 12.8 Å². The minimum atomic E-state index is -0.352. The second-order valence-electron chi connectivity index (χ2n) is 5.29. The molecule has 1 aliphatic carbocycles. The van der Waals surface area contributed by atoms with Crippen LogP contribution in [-0.2, 0) is 0 Å². The summed E-state index contributed by atoms with van der Waals surface area (Å²) >= 11 is 2.07. The Morgan fingerprint density at radius 3 is 2.70 bits per heavy atom. The summed E-state index contributed by atoms with van der Waals surface area (Å²) in [6.07, 6.45) is 4.48. The van der Waals surface area contributed by atoms with Crippen molar-refractivity contribution < 1.29 is 10.0 Å². The zero-order chi connectivity index (χ0) is 14.5. The highest BCUT2D eigenvalue weighted by atomic mass is 127. The van der Waals surface area contributed by atoms with Gasteiger partial charge >= 0.3 is 0 Å². The molecule has 0 bridgehead atoms. The maximum absolute atomic E-state index is 11.1. The molecule has 1 aromatic carbocycles. The van der Waals surface area contributed by atoms with Crippen molar-refractivity contribution in [3.05, 3.63) is 31.9 Å². The third kappa shape index (κ3) is 3.82. The lowest BCUT2D eigenvalue weighted by atomic mass is 9.79. The highest BCUT2D eigenvalue weighted by Gasteiger charge is 2.25. The molecule has 2 unspecified atom stereocenters. The van der Waals surface area contributed by atoms with Crippen molar-refractivity contribution in [2.75, 3.05) is 18.5 Å². The van der Waals surface area contributed by atoms with Gasteiger partial charge in [0.15, 0.2) is 0 Å². The van der Waals surface area contributed by atoms with Gasteiger partial charge in [0.1, 0.15) is 5.69 Å². The molecule has 2 N–H and O–H groups in total. The summed E-state index contributed by atoms with van der Waals surface area (Å²) in [4.78, 5) is 10.7. The van der Waals surface area contributed by atoms with Gasteiger partial charge in [0.2, 0.25) is 0 Å². The van der Waals surface area contributed by atoms with Gasteiger partial charge in [-0.25, -0.2) is 0 Å². The molecule has 1 aliphatic rings. The number of nitro benzene ring substituents is 1. The number of nitro groups is 1. The Balaban J connectivity index is 2.04. The van der Waals surface area contributed by atoms with Gasteiger partial charge in [-0.15, -0.1) is 0 Å². The number of nitrogens with one attached hydrogen (secondary N) is 1. The Kier molecular flexibility index (Phi) is 5.59. The van der Waals surface area contributed by atoms with Crippen molar-refractivity contribution in [3.63, 3.8) is 0 Å². The van der Waals surface area contributed by atoms with Crippen LogP contribution in [0.2, 0.25) is 0 Å². The predicted molar refractivity (Wildman–Crippen MR) is 86.8 cm³/mol. The zero-order valence-corrected chi connectivity index (χ0v) is 13.4. The topological polar surface area (TPSA) is 75.4 Å². The number of halogens is 1. The fraction of sp³-hybridized carbons (Fsp3) is 0.571. The van der Waals surface area contributed by atoms with Crippen LogP contribution in [-0.4, -0.2) is 23.2 Å². The van der Waals surface area contributed by atoms with Gasteiger partial charge in [0.05, 0.1) is 4.92 Å². The largest absolute Gasteiger partial charge is 0.396 e. The number of nitrogens with zero attached hydrogens (tertiary/aromatic N) is 1. The van der Waals surface area contributed by atoms with Crippen LogP contribution in [0.4, 0.5) is 11.4 Å². The average molecular weight is 390 g/mol. The molecular weight excluding hydrogens is 371 g/mol. The van der Waals surface area contributed by atoms with E-state index in [-0.39, 0.29) is 17.2 Å². The summed E-state index contributed by atoms with van der Waals surface area (Å²) in [5.74, 6) is 0.715. The molecule has 0 aromatic heterocycles. The predicted octanol–water partition coefficient (Wildman–Crippen LogP) is 3.41. The first-order valence-corrected chi connectivity index (χ1v) is 7.98. The molecule has 6 heteroatoms. The summed E-state index contributed by atoms with van der Waals surface area (Å²) in [7, 11) is 0. The van der Waals surface area contributed by atoms with E-state index in [2.05, 4.69) is 27.9 Å². The number of hydrogen-bond donors (Lipinski definition) is 2. The summed E-state index contributed by atoms with van der Waals surface area (Å²) < 4.78 is 0.853. The van der Waals surface area contributed by atoms with E-state index in [1.165, 1.54) is 12.8 Å². The van der Waals surface area contributed by atoms with E-state index in [1.807, 2.05) is 6.07 Å². The monoisotopic (exact) mass is 390 g/mol. The van der Waals surface area contributed by atoms with Gasteiger partial charge in [-0.3, -0.25) is 10.1 Å². The molecule has 1 fully saturated rings. The van der Waals surface area contributed by atoms with Crippen molar-refractivity contribution >= 4 is 34.0 Å². The Hall–Kier alpha value is -0.890. The first-order valence-electron chi connectivity index (χ1n) is 6.90. The lowest BCUT2D eigenvalue weighted by molar-refractivity contribution is -0.384. The Labute approximate surface area is 132 Å². The van der Waals surface area contributed by atoms with Crippen LogP contribution < -0.4 is 5.32 Å². The van der Waals surface area contributed by atoms with Crippen LogP contribution in [0.1, 0.15) is 25.7 Å². The van der Waals surface area contributed by atoms with E-state index < -0.39 is 0 Å². The highest BCUT2D eigenvalue weighted by molar-refractivity contribution is 14.1. The molecule has 1 aromatic rings. The fourth-order valence-corrected chi connectivity index (χ4v) is 3.31. The minimum Gasteiger partial charge on any atom is -0.396 e. The van der Waals surface area contributed by atoms with E-state index >= 15 is 0 Å². The highest BCUT2D eigenvalue weighted by Crippen LogP contribution is 2.31. The van der Waals surface area contributed by atoms with E-state index in [1.54, 1.807) is 12.1 Å². The summed E-state index contributed by atoms with van der Waals surface area (Å²) in [6.45, 7) is 0.897. The summed E-state index contributed by atoms with van der Waals surface area (Å²) in [5.41, 5.74) is 0.686. The molecule has 0 radical (unpaired) electrons. The number of aliphatic hydroxyl groups is 1. The molecule has 0 amide bonds. The van der Waals surface area contributed by atoms with Crippen LogP contribution >= 0.6 is 22.6 Å². The fourth-order valence-electron chi connectivity index (χ4n) is 2.84. The maximum Gasteiger partial charge on any atom is 0.293 e. The number of anilines is 1. The first-order chi connectivity index (χ1) is 9.61. The van der Waals surface area contributed by atoms with E-state index in [0.29, 0.717) is 24.1 Å². The molecule has 2 rings (SSSR count). The van der Waals surface area contributed by atoms with Crippen molar-refractivity contribution in [2.45, 2.75) is 25.7 Å². The quantitative estimate of drug-likeness (QED) is 0.459. The minimum absolute atomic E-state index is 0.119. The number of hydrogen-bond acceptors (Lipinski definition) is 4. The lowest BCUT2D eigenvalue weighted by Crippen LogP contribution is -2.28. The van der Waals surface area contributed by atoms with Crippen LogP contribution in [0, 0.1) is 25.5 Å².